The monoisotopic (exact) mass is 408 g/mol. The number of rotatable bonds is 6. The Morgan fingerprint density at radius 3 is 2.37 bits per heavy atom. The van der Waals surface area contributed by atoms with Crippen molar-refractivity contribution in [1.82, 2.24) is 9.80 Å². The van der Waals surface area contributed by atoms with Crippen LogP contribution in [0.25, 0.3) is 0 Å². The van der Waals surface area contributed by atoms with Gasteiger partial charge in [0.1, 0.15) is 5.82 Å². The van der Waals surface area contributed by atoms with Crippen molar-refractivity contribution >= 4 is 5.91 Å². The standard InChI is InChI=1S/C26H33FN2O/c1-2-24(20-9-5-3-6-10-20)26(30)29-18-22(17-28-15-7-4-8-16-28)25(19-29)21-11-13-23(27)14-12-21/h3,5-6,9-14,22,24-25H,2,4,7-8,15-19H2,1H3. The number of amides is 1. The Balaban J connectivity index is 1.54. The quantitative estimate of drug-likeness (QED) is 0.668. The van der Waals surface area contributed by atoms with Gasteiger partial charge in [-0.1, -0.05) is 55.8 Å². The fraction of sp³-hybridized carbons (Fsp3) is 0.500. The summed E-state index contributed by atoms with van der Waals surface area (Å²) in [5, 5.41) is 0. The van der Waals surface area contributed by atoms with Crippen LogP contribution in [0.15, 0.2) is 54.6 Å². The van der Waals surface area contributed by atoms with Gasteiger partial charge in [-0.3, -0.25) is 4.79 Å². The fourth-order valence-electron chi connectivity index (χ4n) is 5.26. The van der Waals surface area contributed by atoms with Crippen molar-refractivity contribution in [2.75, 3.05) is 32.7 Å². The summed E-state index contributed by atoms with van der Waals surface area (Å²) in [6.07, 6.45) is 4.66. The largest absolute Gasteiger partial charge is 0.341 e. The Hall–Kier alpha value is -2.20. The summed E-state index contributed by atoms with van der Waals surface area (Å²) in [5.74, 6) is 0.605. The SMILES string of the molecule is CCC(C(=O)N1CC(CN2CCCCC2)C(c2ccc(F)cc2)C1)c1ccccc1. The molecule has 0 aliphatic carbocycles. The minimum absolute atomic E-state index is 0.0891. The number of carbonyl (C=O) groups is 1. The Morgan fingerprint density at radius 1 is 1.00 bits per heavy atom. The number of benzene rings is 2. The molecule has 3 nitrogen and oxygen atoms in total. The van der Waals surface area contributed by atoms with Gasteiger partial charge in [0.2, 0.25) is 5.91 Å². The van der Waals surface area contributed by atoms with Crippen molar-refractivity contribution in [2.45, 2.75) is 44.4 Å². The second kappa shape index (κ2) is 9.74. The highest BCUT2D eigenvalue weighted by Gasteiger charge is 2.39. The summed E-state index contributed by atoms with van der Waals surface area (Å²) in [6, 6.07) is 17.1. The van der Waals surface area contributed by atoms with Crippen LogP contribution >= 0.6 is 0 Å². The maximum Gasteiger partial charge on any atom is 0.230 e. The molecule has 0 saturated carbocycles. The molecule has 2 aromatic rings. The first kappa shape index (κ1) is 21.0. The smallest absolute Gasteiger partial charge is 0.230 e. The molecule has 0 bridgehead atoms. The maximum atomic E-state index is 13.5. The molecule has 160 valence electrons. The van der Waals surface area contributed by atoms with Crippen molar-refractivity contribution in [3.8, 4) is 0 Å². The molecule has 0 N–H and O–H groups in total. The topological polar surface area (TPSA) is 23.6 Å². The second-order valence-corrected chi connectivity index (χ2v) is 8.89. The molecule has 2 heterocycles. The van der Waals surface area contributed by atoms with Gasteiger partial charge < -0.3 is 9.80 Å². The van der Waals surface area contributed by atoms with E-state index in [9.17, 15) is 9.18 Å². The Kier molecular flexibility index (Phi) is 6.83. The van der Waals surface area contributed by atoms with E-state index in [0.29, 0.717) is 5.92 Å². The van der Waals surface area contributed by atoms with Crippen LogP contribution in [0, 0.1) is 11.7 Å². The molecule has 0 aromatic heterocycles. The van der Waals surface area contributed by atoms with Crippen LogP contribution in [0.3, 0.4) is 0 Å². The number of piperidine rings is 1. The lowest BCUT2D eigenvalue weighted by Gasteiger charge is -2.31. The number of halogens is 1. The molecule has 4 rings (SSSR count). The summed E-state index contributed by atoms with van der Waals surface area (Å²) in [7, 11) is 0. The first-order valence-electron chi connectivity index (χ1n) is 11.5. The van der Waals surface area contributed by atoms with Crippen molar-refractivity contribution in [3.05, 3.63) is 71.5 Å². The highest BCUT2D eigenvalue weighted by atomic mass is 19.1. The summed E-state index contributed by atoms with van der Waals surface area (Å²) in [5.41, 5.74) is 2.25. The zero-order chi connectivity index (χ0) is 20.9. The van der Waals surface area contributed by atoms with Crippen LogP contribution in [0.1, 0.15) is 55.6 Å². The molecule has 4 heteroatoms. The van der Waals surface area contributed by atoms with Crippen LogP contribution in [-0.4, -0.2) is 48.4 Å². The summed E-state index contributed by atoms with van der Waals surface area (Å²) >= 11 is 0. The molecule has 0 spiro atoms. The molecule has 2 aliphatic heterocycles. The Morgan fingerprint density at radius 2 is 1.70 bits per heavy atom. The minimum atomic E-state index is -0.201. The predicted octanol–water partition coefficient (Wildman–Crippen LogP) is 5.05. The third-order valence-corrected chi connectivity index (χ3v) is 6.90. The third-order valence-electron chi connectivity index (χ3n) is 6.90. The molecular weight excluding hydrogens is 375 g/mol. The number of carbonyl (C=O) groups excluding carboxylic acids is 1. The minimum Gasteiger partial charge on any atom is -0.341 e. The van der Waals surface area contributed by atoms with E-state index in [1.54, 1.807) is 12.1 Å². The molecule has 2 saturated heterocycles. The van der Waals surface area contributed by atoms with Crippen molar-refractivity contribution in [2.24, 2.45) is 5.92 Å². The van der Waals surface area contributed by atoms with Crippen LogP contribution in [0.2, 0.25) is 0 Å². The molecular formula is C26H33FN2O. The zero-order valence-corrected chi connectivity index (χ0v) is 18.0. The summed E-state index contributed by atoms with van der Waals surface area (Å²) in [4.78, 5) is 18.1. The van der Waals surface area contributed by atoms with Crippen molar-refractivity contribution in [1.29, 1.82) is 0 Å². The lowest BCUT2D eigenvalue weighted by molar-refractivity contribution is -0.132. The van der Waals surface area contributed by atoms with E-state index in [1.807, 2.05) is 30.3 Å². The average molecular weight is 409 g/mol. The first-order valence-corrected chi connectivity index (χ1v) is 11.5. The predicted molar refractivity (Wildman–Crippen MR) is 119 cm³/mol. The first-order chi connectivity index (χ1) is 14.7. The molecule has 30 heavy (non-hydrogen) atoms. The number of hydrogen-bond acceptors (Lipinski definition) is 2. The van der Waals surface area contributed by atoms with E-state index in [0.717, 1.165) is 50.3 Å². The molecule has 3 unspecified atom stereocenters. The van der Waals surface area contributed by atoms with Crippen molar-refractivity contribution < 1.29 is 9.18 Å². The van der Waals surface area contributed by atoms with E-state index in [-0.39, 0.29) is 23.6 Å². The van der Waals surface area contributed by atoms with Gasteiger partial charge in [0, 0.05) is 25.6 Å². The van der Waals surface area contributed by atoms with Gasteiger partial charge in [0.25, 0.3) is 0 Å². The van der Waals surface area contributed by atoms with Crippen LogP contribution < -0.4 is 0 Å². The maximum absolute atomic E-state index is 13.5. The van der Waals surface area contributed by atoms with Gasteiger partial charge in [-0.05, 0) is 61.5 Å². The Labute approximate surface area is 179 Å². The van der Waals surface area contributed by atoms with Crippen molar-refractivity contribution in [3.63, 3.8) is 0 Å². The van der Waals surface area contributed by atoms with E-state index in [1.165, 1.54) is 19.3 Å². The number of nitrogens with zero attached hydrogens (tertiary/aromatic N) is 2. The van der Waals surface area contributed by atoms with Gasteiger partial charge in [-0.2, -0.15) is 0 Å². The second-order valence-electron chi connectivity index (χ2n) is 8.89. The molecule has 3 atom stereocenters. The number of likely N-dealkylation sites (tertiary alicyclic amines) is 2. The average Bonchev–Trinajstić information content (AvgIpc) is 3.20. The summed E-state index contributed by atoms with van der Waals surface area (Å²) < 4.78 is 13.5. The lowest BCUT2D eigenvalue weighted by Crippen LogP contribution is -2.37. The third kappa shape index (κ3) is 4.75. The summed E-state index contributed by atoms with van der Waals surface area (Å²) in [6.45, 7) is 6.94. The van der Waals surface area contributed by atoms with E-state index >= 15 is 0 Å². The molecule has 2 fully saturated rings. The van der Waals surface area contributed by atoms with E-state index in [2.05, 4.69) is 28.9 Å². The lowest BCUT2D eigenvalue weighted by atomic mass is 9.88. The highest BCUT2D eigenvalue weighted by molar-refractivity contribution is 5.84. The fourth-order valence-corrected chi connectivity index (χ4v) is 5.26. The molecule has 2 aliphatic rings. The molecule has 2 aromatic carbocycles. The van der Waals surface area contributed by atoms with Gasteiger partial charge in [-0.15, -0.1) is 0 Å². The molecule has 0 radical (unpaired) electrons. The van der Waals surface area contributed by atoms with Gasteiger partial charge in [-0.25, -0.2) is 4.39 Å². The normalized spacial score (nSPS) is 23.5. The van der Waals surface area contributed by atoms with E-state index < -0.39 is 0 Å². The van der Waals surface area contributed by atoms with E-state index in [4.69, 9.17) is 0 Å². The van der Waals surface area contributed by atoms with Crippen LogP contribution in [0.4, 0.5) is 4.39 Å². The highest BCUT2D eigenvalue weighted by Crippen LogP contribution is 2.36. The van der Waals surface area contributed by atoms with Crippen LogP contribution in [0.5, 0.6) is 0 Å². The zero-order valence-electron chi connectivity index (χ0n) is 18.0. The van der Waals surface area contributed by atoms with Gasteiger partial charge >= 0.3 is 0 Å². The van der Waals surface area contributed by atoms with Gasteiger partial charge in [0.15, 0.2) is 0 Å². The van der Waals surface area contributed by atoms with Crippen LogP contribution in [-0.2, 0) is 4.79 Å². The van der Waals surface area contributed by atoms with Gasteiger partial charge in [0.05, 0.1) is 5.92 Å². The molecule has 1 amide bonds. The number of hydrogen-bond donors (Lipinski definition) is 0. The Bertz CT molecular complexity index is 817.